The van der Waals surface area contributed by atoms with Crippen molar-refractivity contribution in [1.29, 1.82) is 5.26 Å². The zero-order chi connectivity index (χ0) is 22.2. The quantitative estimate of drug-likeness (QED) is 0.465. The van der Waals surface area contributed by atoms with Crippen LogP contribution in [-0.2, 0) is 4.79 Å². The van der Waals surface area contributed by atoms with Gasteiger partial charge in [0.15, 0.2) is 11.5 Å². The molecule has 3 rings (SSSR count). The Bertz CT molecular complexity index is 1130. The molecule has 0 aliphatic heterocycles. The summed E-state index contributed by atoms with van der Waals surface area (Å²) >= 11 is 1.28. The number of nitrogens with one attached hydrogen (secondary N) is 1. The molecule has 0 radical (unpaired) electrons. The maximum atomic E-state index is 12.0. The molecule has 0 unspecified atom stereocenters. The van der Waals surface area contributed by atoms with Crippen molar-refractivity contribution >= 4 is 33.9 Å². The third kappa shape index (κ3) is 5.30. The van der Waals surface area contributed by atoms with Gasteiger partial charge in [0.1, 0.15) is 21.8 Å². The number of rotatable bonds is 8. The van der Waals surface area contributed by atoms with Crippen molar-refractivity contribution < 1.29 is 14.3 Å². The third-order valence-corrected chi connectivity index (χ3v) is 5.40. The van der Waals surface area contributed by atoms with E-state index in [0.29, 0.717) is 45.8 Å². The molecule has 0 aliphatic rings. The van der Waals surface area contributed by atoms with E-state index in [0.717, 1.165) is 11.1 Å². The topological polar surface area (TPSA) is 84.2 Å². The van der Waals surface area contributed by atoms with Gasteiger partial charge < -0.3 is 14.8 Å². The Morgan fingerprint density at radius 2 is 1.97 bits per heavy atom. The minimum Gasteiger partial charge on any atom is -0.493 e. The van der Waals surface area contributed by atoms with E-state index in [9.17, 15) is 10.1 Å². The van der Waals surface area contributed by atoms with Gasteiger partial charge >= 0.3 is 0 Å². The minimum absolute atomic E-state index is 0.105. The average molecular weight is 434 g/mol. The van der Waals surface area contributed by atoms with E-state index in [-0.39, 0.29) is 5.91 Å². The Balaban J connectivity index is 2.03. The summed E-state index contributed by atoms with van der Waals surface area (Å²) in [7, 11) is 1.58. The van der Waals surface area contributed by atoms with Crippen LogP contribution in [0.3, 0.4) is 0 Å². The highest BCUT2D eigenvalue weighted by Crippen LogP contribution is 2.37. The molecule has 31 heavy (non-hydrogen) atoms. The molecule has 0 aliphatic carbocycles. The number of hydrogen-bond acceptors (Lipinski definition) is 6. The van der Waals surface area contributed by atoms with Gasteiger partial charge in [0.25, 0.3) is 0 Å². The van der Waals surface area contributed by atoms with Gasteiger partial charge in [0.05, 0.1) is 19.3 Å². The molecule has 0 spiro atoms. The number of carbonyl (C=O) groups excluding carboxylic acids is 1. The van der Waals surface area contributed by atoms with Crippen LogP contribution in [0.15, 0.2) is 48.5 Å². The van der Waals surface area contributed by atoms with Gasteiger partial charge in [-0.1, -0.05) is 54.7 Å². The molecule has 1 amide bonds. The van der Waals surface area contributed by atoms with Crippen molar-refractivity contribution in [3.63, 3.8) is 0 Å². The molecule has 0 atom stereocenters. The Hall–Kier alpha value is -3.63. The van der Waals surface area contributed by atoms with Crippen LogP contribution in [0.25, 0.3) is 22.9 Å². The van der Waals surface area contributed by atoms with Crippen LogP contribution in [0.1, 0.15) is 30.8 Å². The molecular weight excluding hydrogens is 410 g/mol. The molecule has 0 saturated heterocycles. The summed E-state index contributed by atoms with van der Waals surface area (Å²) in [6, 6.07) is 17.3. The summed E-state index contributed by atoms with van der Waals surface area (Å²) in [5.41, 5.74) is 2.70. The number of hydrogen-bond donors (Lipinski definition) is 1. The first-order valence-electron chi connectivity index (χ1n) is 9.88. The van der Waals surface area contributed by atoms with Gasteiger partial charge in [-0.25, -0.2) is 4.98 Å². The normalized spacial score (nSPS) is 11.0. The van der Waals surface area contributed by atoms with Crippen molar-refractivity contribution in [2.24, 2.45) is 0 Å². The molecule has 1 N–H and O–H groups in total. The van der Waals surface area contributed by atoms with Gasteiger partial charge in [-0.15, -0.1) is 0 Å². The van der Waals surface area contributed by atoms with Crippen LogP contribution in [-0.4, -0.2) is 24.6 Å². The maximum Gasteiger partial charge on any atom is 0.224 e. The van der Waals surface area contributed by atoms with Crippen LogP contribution in [0, 0.1) is 11.3 Å². The lowest BCUT2D eigenvalue weighted by molar-refractivity contribution is -0.115. The highest BCUT2D eigenvalue weighted by atomic mass is 32.1. The largest absolute Gasteiger partial charge is 0.493 e. The SMILES string of the molecule is CCOc1ccc(C=C(C#N)c2nc(-c3ccccc3)c(NC(=O)CC)s2)cc1OC. The second kappa shape index (κ2) is 10.4. The maximum absolute atomic E-state index is 12.0. The number of thiazole rings is 1. The zero-order valence-electron chi connectivity index (χ0n) is 17.6. The van der Waals surface area contributed by atoms with E-state index >= 15 is 0 Å². The van der Waals surface area contributed by atoms with E-state index < -0.39 is 0 Å². The van der Waals surface area contributed by atoms with Crippen LogP contribution in [0.4, 0.5) is 5.00 Å². The Kier molecular flexibility index (Phi) is 7.41. The summed E-state index contributed by atoms with van der Waals surface area (Å²) in [6.07, 6.45) is 2.10. The molecule has 0 saturated carbocycles. The number of allylic oxidation sites excluding steroid dienone is 1. The first-order valence-corrected chi connectivity index (χ1v) is 10.7. The fourth-order valence-electron chi connectivity index (χ4n) is 2.88. The second-order valence-electron chi connectivity index (χ2n) is 6.48. The molecule has 158 valence electrons. The van der Waals surface area contributed by atoms with Crippen molar-refractivity contribution in [2.75, 3.05) is 19.0 Å². The van der Waals surface area contributed by atoms with E-state index in [1.165, 1.54) is 11.3 Å². The number of nitriles is 1. The fraction of sp³-hybridized carbons (Fsp3) is 0.208. The number of carbonyl (C=O) groups is 1. The predicted octanol–water partition coefficient (Wildman–Crippen LogP) is 5.63. The van der Waals surface area contributed by atoms with Gasteiger partial charge in [-0.2, -0.15) is 5.26 Å². The Morgan fingerprint density at radius 3 is 2.61 bits per heavy atom. The standard InChI is InChI=1S/C24H23N3O3S/c1-4-21(28)26-24-22(17-9-7-6-8-10-17)27-23(31-24)18(15-25)13-16-11-12-19(30-5-2)20(14-16)29-3/h6-14H,4-5H2,1-3H3,(H,26,28). The lowest BCUT2D eigenvalue weighted by atomic mass is 10.1. The summed E-state index contributed by atoms with van der Waals surface area (Å²) in [6.45, 7) is 4.23. The smallest absolute Gasteiger partial charge is 0.224 e. The molecule has 2 aromatic carbocycles. The Labute approximate surface area is 185 Å². The van der Waals surface area contributed by atoms with Crippen LogP contribution < -0.4 is 14.8 Å². The summed E-state index contributed by atoms with van der Waals surface area (Å²) in [4.78, 5) is 16.7. The van der Waals surface area contributed by atoms with Crippen LogP contribution >= 0.6 is 11.3 Å². The fourth-order valence-corrected chi connectivity index (χ4v) is 3.85. The van der Waals surface area contributed by atoms with Gasteiger partial charge in [0.2, 0.25) is 5.91 Å². The second-order valence-corrected chi connectivity index (χ2v) is 7.48. The first-order chi connectivity index (χ1) is 15.1. The highest BCUT2D eigenvalue weighted by Gasteiger charge is 2.17. The number of ether oxygens (including phenoxy) is 2. The molecule has 3 aromatic rings. The average Bonchev–Trinajstić information content (AvgIpc) is 3.22. The molecule has 1 aromatic heterocycles. The number of anilines is 1. The van der Waals surface area contributed by atoms with Gasteiger partial charge in [0, 0.05) is 12.0 Å². The van der Waals surface area contributed by atoms with Crippen LogP contribution in [0.5, 0.6) is 11.5 Å². The van der Waals surface area contributed by atoms with Crippen molar-refractivity contribution in [3.8, 4) is 28.8 Å². The minimum atomic E-state index is -0.105. The zero-order valence-corrected chi connectivity index (χ0v) is 18.5. The van der Waals surface area contributed by atoms with Crippen molar-refractivity contribution in [3.05, 3.63) is 59.1 Å². The Morgan fingerprint density at radius 1 is 1.19 bits per heavy atom. The molecule has 7 heteroatoms. The molecule has 6 nitrogen and oxygen atoms in total. The number of benzene rings is 2. The van der Waals surface area contributed by atoms with Crippen molar-refractivity contribution in [1.82, 2.24) is 4.98 Å². The lowest BCUT2D eigenvalue weighted by Crippen LogP contribution is -2.08. The number of amides is 1. The van der Waals surface area contributed by atoms with Crippen molar-refractivity contribution in [2.45, 2.75) is 20.3 Å². The van der Waals surface area contributed by atoms with E-state index in [4.69, 9.17) is 9.47 Å². The van der Waals surface area contributed by atoms with E-state index in [1.54, 1.807) is 20.1 Å². The van der Waals surface area contributed by atoms with Gasteiger partial charge in [-0.3, -0.25) is 4.79 Å². The van der Waals surface area contributed by atoms with Crippen LogP contribution in [0.2, 0.25) is 0 Å². The number of aromatic nitrogens is 1. The predicted molar refractivity (Wildman–Crippen MR) is 124 cm³/mol. The highest BCUT2D eigenvalue weighted by molar-refractivity contribution is 7.17. The molecule has 1 heterocycles. The summed E-state index contributed by atoms with van der Waals surface area (Å²) < 4.78 is 11.0. The monoisotopic (exact) mass is 433 g/mol. The summed E-state index contributed by atoms with van der Waals surface area (Å²) in [5, 5.41) is 13.9. The first kappa shape index (κ1) is 22.1. The summed E-state index contributed by atoms with van der Waals surface area (Å²) in [5.74, 6) is 1.13. The molecule has 0 fully saturated rings. The van der Waals surface area contributed by atoms with E-state index in [1.807, 2.05) is 55.5 Å². The molecular formula is C24H23N3O3S. The number of nitrogens with zero attached hydrogens (tertiary/aromatic N) is 2. The lowest BCUT2D eigenvalue weighted by Gasteiger charge is -2.09. The molecule has 0 bridgehead atoms. The van der Waals surface area contributed by atoms with Gasteiger partial charge in [-0.05, 0) is 30.7 Å². The van der Waals surface area contributed by atoms with E-state index in [2.05, 4.69) is 16.4 Å². The number of methoxy groups -OCH3 is 1. The third-order valence-electron chi connectivity index (χ3n) is 4.40.